The molecule has 1 heterocycles. The van der Waals surface area contributed by atoms with Crippen LogP contribution in [0.5, 0.6) is 5.75 Å². The molecule has 0 unspecified atom stereocenters. The van der Waals surface area contributed by atoms with E-state index in [-0.39, 0.29) is 11.2 Å². The van der Waals surface area contributed by atoms with Crippen molar-refractivity contribution in [3.05, 3.63) is 59.7 Å². The van der Waals surface area contributed by atoms with Gasteiger partial charge in [0.05, 0.1) is 28.6 Å². The number of hydrogen-bond acceptors (Lipinski definition) is 4. The average molecular weight is 366 g/mol. The Morgan fingerprint density at radius 3 is 2.65 bits per heavy atom. The highest BCUT2D eigenvalue weighted by Gasteiger charge is 2.17. The number of aromatic nitrogens is 1. The van der Waals surface area contributed by atoms with Gasteiger partial charge in [-0.1, -0.05) is 42.1 Å². The van der Waals surface area contributed by atoms with Crippen molar-refractivity contribution in [2.24, 2.45) is 0 Å². The van der Waals surface area contributed by atoms with E-state index in [9.17, 15) is 4.79 Å². The molecule has 1 amide bonds. The van der Waals surface area contributed by atoms with Crippen LogP contribution in [0.2, 0.25) is 0 Å². The number of methoxy groups -OCH3 is 1. The molecule has 0 saturated heterocycles. The highest BCUT2D eigenvalue weighted by molar-refractivity contribution is 8.00. The molecule has 0 aliphatic rings. The van der Waals surface area contributed by atoms with Gasteiger partial charge in [0.15, 0.2) is 0 Å². The van der Waals surface area contributed by atoms with Crippen molar-refractivity contribution in [3.8, 4) is 5.75 Å². The van der Waals surface area contributed by atoms with Crippen molar-refractivity contribution >= 4 is 34.3 Å². The monoisotopic (exact) mass is 366 g/mol. The average Bonchev–Trinajstić information content (AvgIpc) is 2.63. The molecule has 4 nitrogen and oxygen atoms in total. The van der Waals surface area contributed by atoms with E-state index in [1.807, 2.05) is 43.3 Å². The first-order valence-electron chi connectivity index (χ1n) is 8.47. The van der Waals surface area contributed by atoms with E-state index in [0.717, 1.165) is 21.5 Å². The van der Waals surface area contributed by atoms with Gasteiger partial charge in [-0.2, -0.15) is 0 Å². The standard InChI is InChI=1S/C21H22N2O2S/c1-13-8-7-9-16-14(2)12-19(23-20(13)16)26-15(3)21(24)22-17-10-5-6-11-18(17)25-4/h5-12,15H,1-4H3,(H,22,24)/t15-/m0/s1. The Balaban J connectivity index is 1.79. The fraction of sp³-hybridized carbons (Fsp3) is 0.238. The van der Waals surface area contributed by atoms with E-state index in [0.29, 0.717) is 11.4 Å². The number of carbonyl (C=O) groups is 1. The van der Waals surface area contributed by atoms with E-state index < -0.39 is 0 Å². The number of ether oxygens (including phenoxy) is 1. The summed E-state index contributed by atoms with van der Waals surface area (Å²) >= 11 is 1.46. The molecule has 1 aromatic heterocycles. The summed E-state index contributed by atoms with van der Waals surface area (Å²) in [6.07, 6.45) is 0. The number of nitrogens with one attached hydrogen (secondary N) is 1. The van der Waals surface area contributed by atoms with Gasteiger partial charge in [-0.3, -0.25) is 4.79 Å². The summed E-state index contributed by atoms with van der Waals surface area (Å²) in [7, 11) is 1.59. The van der Waals surface area contributed by atoms with Crippen LogP contribution >= 0.6 is 11.8 Å². The molecule has 26 heavy (non-hydrogen) atoms. The molecule has 0 radical (unpaired) electrons. The summed E-state index contributed by atoms with van der Waals surface area (Å²) in [5, 5.41) is 4.65. The van der Waals surface area contributed by atoms with Crippen molar-refractivity contribution in [2.75, 3.05) is 12.4 Å². The molecule has 0 fully saturated rings. The number of fused-ring (bicyclic) bond motifs is 1. The summed E-state index contributed by atoms with van der Waals surface area (Å²) in [6.45, 7) is 6.02. The minimum atomic E-state index is -0.284. The molecule has 1 atom stereocenters. The molecule has 3 rings (SSSR count). The highest BCUT2D eigenvalue weighted by Crippen LogP contribution is 2.29. The van der Waals surface area contributed by atoms with Gasteiger partial charge in [-0.25, -0.2) is 4.98 Å². The number of nitrogens with zero attached hydrogens (tertiary/aromatic N) is 1. The third-order valence-electron chi connectivity index (χ3n) is 4.26. The maximum absolute atomic E-state index is 12.6. The van der Waals surface area contributed by atoms with Crippen LogP contribution in [0, 0.1) is 13.8 Å². The lowest BCUT2D eigenvalue weighted by atomic mass is 10.1. The summed E-state index contributed by atoms with van der Waals surface area (Å²) in [4.78, 5) is 17.3. The third-order valence-corrected chi connectivity index (χ3v) is 5.27. The summed E-state index contributed by atoms with van der Waals surface area (Å²) < 4.78 is 5.29. The molecule has 0 bridgehead atoms. The fourth-order valence-corrected chi connectivity index (χ4v) is 3.73. The lowest BCUT2D eigenvalue weighted by molar-refractivity contribution is -0.115. The molecule has 1 N–H and O–H groups in total. The smallest absolute Gasteiger partial charge is 0.237 e. The Bertz CT molecular complexity index is 956. The second-order valence-corrected chi connectivity index (χ2v) is 7.56. The number of carbonyl (C=O) groups excluding carboxylic acids is 1. The molecule has 134 valence electrons. The Morgan fingerprint density at radius 2 is 1.88 bits per heavy atom. The van der Waals surface area contributed by atoms with Gasteiger partial charge < -0.3 is 10.1 Å². The van der Waals surface area contributed by atoms with Crippen LogP contribution in [-0.4, -0.2) is 23.3 Å². The minimum absolute atomic E-state index is 0.0798. The van der Waals surface area contributed by atoms with Crippen LogP contribution in [-0.2, 0) is 4.79 Å². The van der Waals surface area contributed by atoms with E-state index >= 15 is 0 Å². The maximum Gasteiger partial charge on any atom is 0.237 e. The largest absolute Gasteiger partial charge is 0.495 e. The molecule has 0 spiro atoms. The minimum Gasteiger partial charge on any atom is -0.495 e. The number of anilines is 1. The number of pyridine rings is 1. The number of para-hydroxylation sites is 3. The molecule has 0 saturated carbocycles. The Hall–Kier alpha value is -2.53. The third kappa shape index (κ3) is 3.83. The van der Waals surface area contributed by atoms with Crippen LogP contribution in [0.4, 0.5) is 5.69 Å². The molecule has 0 aliphatic heterocycles. The van der Waals surface area contributed by atoms with Gasteiger partial charge in [-0.05, 0) is 50.1 Å². The molecule has 0 aliphatic carbocycles. The first kappa shape index (κ1) is 18.3. The van der Waals surface area contributed by atoms with E-state index in [1.54, 1.807) is 7.11 Å². The topological polar surface area (TPSA) is 51.2 Å². The number of amides is 1. The zero-order chi connectivity index (χ0) is 18.7. The van der Waals surface area contributed by atoms with Crippen molar-refractivity contribution in [3.63, 3.8) is 0 Å². The van der Waals surface area contributed by atoms with Crippen LogP contribution in [0.15, 0.2) is 53.6 Å². The van der Waals surface area contributed by atoms with Crippen LogP contribution in [0.3, 0.4) is 0 Å². The summed E-state index contributed by atoms with van der Waals surface area (Å²) in [5.41, 5.74) is 3.97. The number of hydrogen-bond donors (Lipinski definition) is 1. The van der Waals surface area contributed by atoms with Gasteiger partial charge in [0.25, 0.3) is 0 Å². The van der Waals surface area contributed by atoms with Gasteiger partial charge in [0.1, 0.15) is 5.75 Å². The van der Waals surface area contributed by atoms with Crippen molar-refractivity contribution in [1.29, 1.82) is 0 Å². The first-order chi connectivity index (χ1) is 12.5. The second kappa shape index (κ2) is 7.79. The second-order valence-electron chi connectivity index (χ2n) is 6.20. The highest BCUT2D eigenvalue weighted by atomic mass is 32.2. The number of thioether (sulfide) groups is 1. The van der Waals surface area contributed by atoms with E-state index in [1.165, 1.54) is 17.3 Å². The lowest BCUT2D eigenvalue weighted by Gasteiger charge is -2.15. The molecule has 3 aromatic rings. The fourth-order valence-electron chi connectivity index (χ4n) is 2.81. The lowest BCUT2D eigenvalue weighted by Crippen LogP contribution is -2.22. The molecule has 5 heteroatoms. The van der Waals surface area contributed by atoms with Crippen LogP contribution in [0.25, 0.3) is 10.9 Å². The van der Waals surface area contributed by atoms with Crippen LogP contribution < -0.4 is 10.1 Å². The van der Waals surface area contributed by atoms with Gasteiger partial charge >= 0.3 is 0 Å². The van der Waals surface area contributed by atoms with E-state index in [2.05, 4.69) is 31.3 Å². The normalized spacial score (nSPS) is 12.0. The molecular weight excluding hydrogens is 344 g/mol. The van der Waals surface area contributed by atoms with Gasteiger partial charge in [-0.15, -0.1) is 0 Å². The SMILES string of the molecule is COc1ccccc1NC(=O)[C@H](C)Sc1cc(C)c2cccc(C)c2n1. The van der Waals surface area contributed by atoms with Crippen molar-refractivity contribution in [2.45, 2.75) is 31.0 Å². The van der Waals surface area contributed by atoms with E-state index in [4.69, 9.17) is 9.72 Å². The Morgan fingerprint density at radius 1 is 1.12 bits per heavy atom. The quantitative estimate of drug-likeness (QED) is 0.647. The maximum atomic E-state index is 12.6. The molecular formula is C21H22N2O2S. The van der Waals surface area contributed by atoms with Gasteiger partial charge in [0, 0.05) is 5.39 Å². The summed E-state index contributed by atoms with van der Waals surface area (Å²) in [5.74, 6) is 0.567. The predicted octanol–water partition coefficient (Wildman–Crippen LogP) is 4.98. The Labute approximate surface area is 158 Å². The van der Waals surface area contributed by atoms with Crippen molar-refractivity contribution < 1.29 is 9.53 Å². The zero-order valence-electron chi connectivity index (χ0n) is 15.4. The molecule has 2 aromatic carbocycles. The zero-order valence-corrected chi connectivity index (χ0v) is 16.2. The predicted molar refractivity (Wildman–Crippen MR) is 108 cm³/mol. The summed E-state index contributed by atoms with van der Waals surface area (Å²) in [6, 6.07) is 15.6. The van der Waals surface area contributed by atoms with Crippen molar-refractivity contribution in [1.82, 2.24) is 4.98 Å². The first-order valence-corrected chi connectivity index (χ1v) is 9.35. The van der Waals surface area contributed by atoms with Gasteiger partial charge in [0.2, 0.25) is 5.91 Å². The van der Waals surface area contributed by atoms with Crippen LogP contribution in [0.1, 0.15) is 18.1 Å². The number of benzene rings is 2. The Kier molecular flexibility index (Phi) is 5.47. The number of rotatable bonds is 5. The number of aryl methyl sites for hydroxylation is 2.